The molecule has 0 fully saturated rings. The van der Waals surface area contributed by atoms with E-state index in [4.69, 9.17) is 0 Å². The molecule has 1 N–H and O–H groups in total. The Morgan fingerprint density at radius 1 is 1.50 bits per heavy atom. The van der Waals surface area contributed by atoms with E-state index in [-0.39, 0.29) is 5.91 Å². The number of aromatic nitrogens is 2. The Morgan fingerprint density at radius 3 is 2.81 bits per heavy atom. The highest BCUT2D eigenvalue weighted by Crippen LogP contribution is 2.28. The summed E-state index contributed by atoms with van der Waals surface area (Å²) < 4.78 is 1.79. The number of nitrogens with one attached hydrogen (secondary N) is 1. The highest BCUT2D eigenvalue weighted by Gasteiger charge is 2.07. The van der Waals surface area contributed by atoms with Gasteiger partial charge >= 0.3 is 0 Å². The summed E-state index contributed by atoms with van der Waals surface area (Å²) in [6, 6.07) is 0. The van der Waals surface area contributed by atoms with Gasteiger partial charge in [-0.25, -0.2) is 0 Å². The van der Waals surface area contributed by atoms with Crippen molar-refractivity contribution in [2.24, 2.45) is 0 Å². The van der Waals surface area contributed by atoms with Crippen LogP contribution in [0.4, 0.5) is 0 Å². The first-order valence-electron chi connectivity index (χ1n) is 4.73. The summed E-state index contributed by atoms with van der Waals surface area (Å²) >= 11 is 4.60. The Kier molecular flexibility index (Phi) is 6.51. The van der Waals surface area contributed by atoms with Crippen molar-refractivity contribution in [2.45, 2.75) is 15.6 Å². The zero-order valence-corrected chi connectivity index (χ0v) is 11.4. The highest BCUT2D eigenvalue weighted by molar-refractivity contribution is 8.03. The predicted molar refractivity (Wildman–Crippen MR) is 70.2 cm³/mol. The van der Waals surface area contributed by atoms with Crippen molar-refractivity contribution < 1.29 is 4.79 Å². The summed E-state index contributed by atoms with van der Waals surface area (Å²) in [6.45, 7) is 6.11. The molecule has 16 heavy (non-hydrogen) atoms. The molecule has 0 saturated carbocycles. The number of thioether (sulfide) groups is 2. The van der Waals surface area contributed by atoms with Gasteiger partial charge in [0.25, 0.3) is 0 Å². The van der Waals surface area contributed by atoms with Gasteiger partial charge in [-0.15, -0.1) is 16.8 Å². The maximum atomic E-state index is 11.3. The minimum absolute atomic E-state index is 0.00945. The Morgan fingerprint density at radius 2 is 2.19 bits per heavy atom. The van der Waals surface area contributed by atoms with Crippen molar-refractivity contribution in [3.8, 4) is 0 Å². The van der Waals surface area contributed by atoms with Crippen LogP contribution in [0.15, 0.2) is 21.3 Å². The fourth-order valence-electron chi connectivity index (χ4n) is 0.802. The third-order valence-corrected chi connectivity index (χ3v) is 4.50. The maximum absolute atomic E-state index is 11.3. The first-order chi connectivity index (χ1) is 7.76. The molecule has 1 rings (SSSR count). The standard InChI is InChI=1S/C9H13N3OS3/c1-3-5-10-7(13)6-15-9-12-11-8(16-9)14-4-2/h3H,1,4-6H2,2H3,(H,10,13). The van der Waals surface area contributed by atoms with Crippen LogP contribution in [0, 0.1) is 0 Å². The van der Waals surface area contributed by atoms with Gasteiger partial charge in [-0.1, -0.05) is 47.9 Å². The Bertz CT molecular complexity index is 354. The first-order valence-corrected chi connectivity index (χ1v) is 7.51. The molecule has 0 aliphatic heterocycles. The van der Waals surface area contributed by atoms with E-state index < -0.39 is 0 Å². The normalized spacial score (nSPS) is 10.1. The lowest BCUT2D eigenvalue weighted by Gasteiger charge is -1.98. The van der Waals surface area contributed by atoms with E-state index in [1.54, 1.807) is 17.8 Å². The fourth-order valence-corrected chi connectivity index (χ4v) is 3.55. The summed E-state index contributed by atoms with van der Waals surface area (Å²) in [7, 11) is 0. The highest BCUT2D eigenvalue weighted by atomic mass is 32.2. The van der Waals surface area contributed by atoms with E-state index in [0.717, 1.165) is 14.4 Å². The third kappa shape index (κ3) is 5.00. The number of rotatable bonds is 7. The second-order valence-electron chi connectivity index (χ2n) is 2.65. The van der Waals surface area contributed by atoms with Gasteiger partial charge in [0.15, 0.2) is 8.68 Å². The van der Waals surface area contributed by atoms with Gasteiger partial charge in [-0.3, -0.25) is 4.79 Å². The summed E-state index contributed by atoms with van der Waals surface area (Å²) in [6.07, 6.45) is 1.66. The maximum Gasteiger partial charge on any atom is 0.230 e. The number of carbonyl (C=O) groups is 1. The molecule has 0 saturated heterocycles. The molecule has 0 atom stereocenters. The molecule has 4 nitrogen and oxygen atoms in total. The number of hydrogen-bond donors (Lipinski definition) is 1. The predicted octanol–water partition coefficient (Wildman–Crippen LogP) is 2.04. The monoisotopic (exact) mass is 275 g/mol. The average molecular weight is 275 g/mol. The average Bonchev–Trinajstić information content (AvgIpc) is 2.72. The number of carbonyl (C=O) groups excluding carboxylic acids is 1. The van der Waals surface area contributed by atoms with Gasteiger partial charge in [0, 0.05) is 6.54 Å². The smallest absolute Gasteiger partial charge is 0.230 e. The molecule has 1 aromatic heterocycles. The van der Waals surface area contributed by atoms with Crippen LogP contribution in [-0.2, 0) is 4.79 Å². The van der Waals surface area contributed by atoms with Crippen LogP contribution in [0.25, 0.3) is 0 Å². The molecule has 0 unspecified atom stereocenters. The second-order valence-corrected chi connectivity index (χ2v) is 6.36. The van der Waals surface area contributed by atoms with Gasteiger partial charge in [0.05, 0.1) is 5.75 Å². The number of hydrogen-bond acceptors (Lipinski definition) is 6. The van der Waals surface area contributed by atoms with Crippen molar-refractivity contribution >= 4 is 40.8 Å². The topological polar surface area (TPSA) is 54.9 Å². The third-order valence-electron chi connectivity index (χ3n) is 1.43. The van der Waals surface area contributed by atoms with E-state index in [2.05, 4.69) is 29.0 Å². The summed E-state index contributed by atoms with van der Waals surface area (Å²) in [5.74, 6) is 1.35. The fraction of sp³-hybridized carbons (Fsp3) is 0.444. The van der Waals surface area contributed by atoms with Crippen molar-refractivity contribution in [1.29, 1.82) is 0 Å². The molecule has 1 amide bonds. The van der Waals surface area contributed by atoms with Crippen molar-refractivity contribution in [1.82, 2.24) is 15.5 Å². The van der Waals surface area contributed by atoms with Crippen LogP contribution >= 0.6 is 34.9 Å². The van der Waals surface area contributed by atoms with Crippen LogP contribution < -0.4 is 5.32 Å². The van der Waals surface area contributed by atoms with Crippen LogP contribution in [0.5, 0.6) is 0 Å². The zero-order valence-electron chi connectivity index (χ0n) is 8.93. The lowest BCUT2D eigenvalue weighted by molar-refractivity contribution is -0.118. The molecule has 0 aliphatic carbocycles. The van der Waals surface area contributed by atoms with Crippen LogP contribution in [-0.4, -0.2) is 34.2 Å². The Balaban J connectivity index is 2.30. The summed E-state index contributed by atoms with van der Waals surface area (Å²) in [5, 5.41) is 10.7. The second kappa shape index (κ2) is 7.70. The lowest BCUT2D eigenvalue weighted by atomic mass is 10.6. The van der Waals surface area contributed by atoms with Gasteiger partial charge in [-0.05, 0) is 5.75 Å². The van der Waals surface area contributed by atoms with Gasteiger partial charge < -0.3 is 5.32 Å². The van der Waals surface area contributed by atoms with E-state index in [9.17, 15) is 4.79 Å². The quantitative estimate of drug-likeness (QED) is 0.609. The van der Waals surface area contributed by atoms with Gasteiger partial charge in [0.2, 0.25) is 5.91 Å². The molecule has 88 valence electrons. The lowest BCUT2D eigenvalue weighted by Crippen LogP contribution is -2.24. The SMILES string of the molecule is C=CCNC(=O)CSc1nnc(SCC)s1. The number of amides is 1. The molecule has 0 bridgehead atoms. The van der Waals surface area contributed by atoms with Crippen molar-refractivity contribution in [3.05, 3.63) is 12.7 Å². The first kappa shape index (κ1) is 13.5. The molecular weight excluding hydrogens is 262 g/mol. The molecule has 0 aliphatic rings. The molecule has 7 heteroatoms. The van der Waals surface area contributed by atoms with E-state index in [1.807, 2.05) is 0 Å². The Hall–Kier alpha value is -0.530. The van der Waals surface area contributed by atoms with Crippen molar-refractivity contribution in [3.63, 3.8) is 0 Å². The minimum Gasteiger partial charge on any atom is -0.352 e. The minimum atomic E-state index is -0.00945. The van der Waals surface area contributed by atoms with Crippen LogP contribution in [0.3, 0.4) is 0 Å². The summed E-state index contributed by atoms with van der Waals surface area (Å²) in [5.41, 5.74) is 0. The van der Waals surface area contributed by atoms with Gasteiger partial charge in [-0.2, -0.15) is 0 Å². The van der Waals surface area contributed by atoms with Crippen molar-refractivity contribution in [2.75, 3.05) is 18.1 Å². The van der Waals surface area contributed by atoms with Crippen LogP contribution in [0.2, 0.25) is 0 Å². The molecule has 0 aromatic carbocycles. The van der Waals surface area contributed by atoms with E-state index >= 15 is 0 Å². The van der Waals surface area contributed by atoms with Crippen LogP contribution in [0.1, 0.15) is 6.92 Å². The Labute approximate surface area is 107 Å². The van der Waals surface area contributed by atoms with E-state index in [0.29, 0.717) is 12.3 Å². The molecular formula is C9H13N3OS3. The molecule has 0 radical (unpaired) electrons. The molecule has 1 aromatic rings. The largest absolute Gasteiger partial charge is 0.352 e. The summed E-state index contributed by atoms with van der Waals surface area (Å²) in [4.78, 5) is 11.3. The zero-order chi connectivity index (χ0) is 11.8. The molecule has 0 spiro atoms. The number of nitrogens with zero attached hydrogens (tertiary/aromatic N) is 2. The van der Waals surface area contributed by atoms with Gasteiger partial charge in [0.1, 0.15) is 0 Å². The molecule has 1 heterocycles. The van der Waals surface area contributed by atoms with E-state index in [1.165, 1.54) is 23.1 Å².